The van der Waals surface area contributed by atoms with Gasteiger partial charge in [-0.3, -0.25) is 0 Å². The zero-order valence-electron chi connectivity index (χ0n) is 23.5. The predicted octanol–water partition coefficient (Wildman–Crippen LogP) is 6.92. The van der Waals surface area contributed by atoms with Gasteiger partial charge in [-0.05, 0) is 28.2 Å². The standard InChI is InChI=1S/C37H34N2O3/c1-5-14-29(15-6-1)22-13-23-33-24-39-25-34(40-26-30-16-7-2-8-17-30)35(41-27-31-18-9-3-10-19-31)36(37(39)38-33)42-28-32-20-11-4-12-21-32/h1-12,14-21,24,34-36H,22,25-28H2/t34-,35-,36+/m0/s1. The van der Waals surface area contributed by atoms with E-state index in [0.29, 0.717) is 32.8 Å². The molecule has 5 aromatic rings. The summed E-state index contributed by atoms with van der Waals surface area (Å²) in [5.41, 5.74) is 5.21. The van der Waals surface area contributed by atoms with Gasteiger partial charge >= 0.3 is 0 Å². The average molecular weight is 555 g/mol. The molecular weight excluding hydrogens is 520 g/mol. The molecule has 42 heavy (non-hydrogen) atoms. The lowest BCUT2D eigenvalue weighted by molar-refractivity contribution is -0.171. The van der Waals surface area contributed by atoms with Gasteiger partial charge in [0.05, 0.1) is 26.4 Å². The van der Waals surface area contributed by atoms with Crippen LogP contribution in [0.3, 0.4) is 0 Å². The first-order valence-electron chi connectivity index (χ1n) is 14.4. The summed E-state index contributed by atoms with van der Waals surface area (Å²) in [6.07, 6.45) is 1.63. The first-order valence-corrected chi connectivity index (χ1v) is 14.4. The van der Waals surface area contributed by atoms with Crippen LogP contribution in [0.5, 0.6) is 0 Å². The molecule has 0 spiro atoms. The number of imidazole rings is 1. The molecule has 0 fully saturated rings. The topological polar surface area (TPSA) is 45.5 Å². The molecule has 1 aliphatic rings. The van der Waals surface area contributed by atoms with Gasteiger partial charge in [-0.1, -0.05) is 127 Å². The summed E-state index contributed by atoms with van der Waals surface area (Å²) in [6.45, 7) is 1.96. The maximum absolute atomic E-state index is 6.64. The molecule has 3 atom stereocenters. The molecule has 0 bridgehead atoms. The van der Waals surface area contributed by atoms with E-state index in [1.54, 1.807) is 0 Å². The summed E-state index contributed by atoms with van der Waals surface area (Å²) in [5, 5.41) is 0. The SMILES string of the molecule is C(#Cc1cn2c(n1)[C@H](OCc1ccccc1)[C@@H](OCc1ccccc1)[C@@H](OCc1ccccc1)C2)Cc1ccccc1. The summed E-state index contributed by atoms with van der Waals surface area (Å²) < 4.78 is 22.0. The molecule has 0 saturated carbocycles. The number of ether oxygens (including phenoxy) is 3. The van der Waals surface area contributed by atoms with Crippen LogP contribution in [-0.2, 0) is 47.0 Å². The lowest BCUT2D eigenvalue weighted by Crippen LogP contribution is -2.45. The molecule has 0 aliphatic carbocycles. The maximum Gasteiger partial charge on any atom is 0.144 e. The lowest BCUT2D eigenvalue weighted by atomic mass is 10.0. The molecular formula is C37H34N2O3. The predicted molar refractivity (Wildman–Crippen MR) is 163 cm³/mol. The first kappa shape index (κ1) is 27.7. The smallest absolute Gasteiger partial charge is 0.144 e. The quantitative estimate of drug-likeness (QED) is 0.176. The number of hydrogen-bond acceptors (Lipinski definition) is 4. The zero-order chi connectivity index (χ0) is 28.4. The van der Waals surface area contributed by atoms with Crippen molar-refractivity contribution in [3.8, 4) is 11.8 Å². The minimum absolute atomic E-state index is 0.249. The highest BCUT2D eigenvalue weighted by Gasteiger charge is 2.41. The van der Waals surface area contributed by atoms with Gasteiger partial charge in [-0.2, -0.15) is 0 Å². The van der Waals surface area contributed by atoms with E-state index in [1.807, 2.05) is 79.0 Å². The maximum atomic E-state index is 6.64. The summed E-state index contributed by atoms with van der Waals surface area (Å²) in [6, 6.07) is 40.9. The average Bonchev–Trinajstić information content (AvgIpc) is 3.46. The highest BCUT2D eigenvalue weighted by molar-refractivity contribution is 5.31. The van der Waals surface area contributed by atoms with Crippen molar-refractivity contribution in [2.45, 2.75) is 51.1 Å². The van der Waals surface area contributed by atoms with E-state index in [0.717, 1.165) is 28.2 Å². The molecule has 0 unspecified atom stereocenters. The Kier molecular flexibility index (Phi) is 9.19. The molecule has 6 rings (SSSR count). The van der Waals surface area contributed by atoms with Crippen LogP contribution in [0.2, 0.25) is 0 Å². The van der Waals surface area contributed by atoms with Gasteiger partial charge in [-0.15, -0.1) is 0 Å². The Morgan fingerprint density at radius 2 is 1.12 bits per heavy atom. The molecule has 2 heterocycles. The number of rotatable bonds is 10. The third kappa shape index (κ3) is 7.23. The summed E-state index contributed by atoms with van der Waals surface area (Å²) >= 11 is 0. The van der Waals surface area contributed by atoms with Crippen molar-refractivity contribution in [2.24, 2.45) is 0 Å². The fourth-order valence-electron chi connectivity index (χ4n) is 5.15. The fraction of sp³-hybridized carbons (Fsp3) is 0.216. The second-order valence-corrected chi connectivity index (χ2v) is 10.4. The van der Waals surface area contributed by atoms with E-state index in [1.165, 1.54) is 5.56 Å². The largest absolute Gasteiger partial charge is 0.369 e. The summed E-state index contributed by atoms with van der Waals surface area (Å²) in [7, 11) is 0. The van der Waals surface area contributed by atoms with Crippen LogP contribution in [-0.4, -0.2) is 21.8 Å². The van der Waals surface area contributed by atoms with Crippen LogP contribution in [0.1, 0.15) is 39.9 Å². The Hall–Kier alpha value is -4.47. The zero-order valence-corrected chi connectivity index (χ0v) is 23.5. The highest BCUT2D eigenvalue weighted by atomic mass is 16.6. The summed E-state index contributed by atoms with van der Waals surface area (Å²) in [5.74, 6) is 7.37. The van der Waals surface area contributed by atoms with E-state index in [2.05, 4.69) is 64.9 Å². The lowest BCUT2D eigenvalue weighted by Gasteiger charge is -2.38. The van der Waals surface area contributed by atoms with Gasteiger partial charge in [0.25, 0.3) is 0 Å². The monoisotopic (exact) mass is 554 g/mol. The Morgan fingerprint density at radius 1 is 0.619 bits per heavy atom. The Labute approximate surface area is 247 Å². The molecule has 5 heteroatoms. The van der Waals surface area contributed by atoms with Gasteiger partial charge in [0.1, 0.15) is 29.8 Å². The van der Waals surface area contributed by atoms with Crippen molar-refractivity contribution in [3.05, 3.63) is 161 Å². The van der Waals surface area contributed by atoms with Gasteiger partial charge in [0, 0.05) is 12.6 Å². The van der Waals surface area contributed by atoms with Crippen molar-refractivity contribution in [2.75, 3.05) is 0 Å². The first-order chi connectivity index (χ1) is 20.8. The molecule has 5 nitrogen and oxygen atoms in total. The van der Waals surface area contributed by atoms with E-state index < -0.39 is 6.10 Å². The minimum Gasteiger partial charge on any atom is -0.369 e. The van der Waals surface area contributed by atoms with Crippen molar-refractivity contribution in [1.82, 2.24) is 9.55 Å². The van der Waals surface area contributed by atoms with Crippen LogP contribution in [0.25, 0.3) is 0 Å². The van der Waals surface area contributed by atoms with Gasteiger partial charge in [0.15, 0.2) is 0 Å². The Bertz CT molecular complexity index is 1590. The van der Waals surface area contributed by atoms with Crippen LogP contribution in [0.15, 0.2) is 128 Å². The van der Waals surface area contributed by atoms with E-state index in [-0.39, 0.29) is 12.2 Å². The van der Waals surface area contributed by atoms with E-state index in [4.69, 9.17) is 19.2 Å². The van der Waals surface area contributed by atoms with Gasteiger partial charge in [-0.25, -0.2) is 4.98 Å². The second-order valence-electron chi connectivity index (χ2n) is 10.4. The molecule has 0 radical (unpaired) electrons. The van der Waals surface area contributed by atoms with Crippen LogP contribution < -0.4 is 0 Å². The van der Waals surface area contributed by atoms with E-state index >= 15 is 0 Å². The minimum atomic E-state index is -0.437. The molecule has 0 saturated heterocycles. The Morgan fingerprint density at radius 3 is 1.69 bits per heavy atom. The normalized spacial score (nSPS) is 17.7. The Balaban J connectivity index is 1.29. The third-order valence-electron chi connectivity index (χ3n) is 7.32. The number of fused-ring (bicyclic) bond motifs is 1. The fourth-order valence-corrected chi connectivity index (χ4v) is 5.15. The van der Waals surface area contributed by atoms with Crippen molar-refractivity contribution in [3.63, 3.8) is 0 Å². The van der Waals surface area contributed by atoms with Crippen molar-refractivity contribution in [1.29, 1.82) is 0 Å². The highest BCUT2D eigenvalue weighted by Crippen LogP contribution is 2.34. The number of benzene rings is 4. The van der Waals surface area contributed by atoms with Crippen LogP contribution >= 0.6 is 0 Å². The number of hydrogen-bond donors (Lipinski definition) is 0. The molecule has 4 aromatic carbocycles. The van der Waals surface area contributed by atoms with Crippen molar-refractivity contribution >= 4 is 0 Å². The van der Waals surface area contributed by atoms with Crippen LogP contribution in [0, 0.1) is 11.8 Å². The van der Waals surface area contributed by atoms with Crippen molar-refractivity contribution < 1.29 is 14.2 Å². The van der Waals surface area contributed by atoms with E-state index in [9.17, 15) is 0 Å². The molecule has 1 aromatic heterocycles. The van der Waals surface area contributed by atoms with Crippen LogP contribution in [0.4, 0.5) is 0 Å². The summed E-state index contributed by atoms with van der Waals surface area (Å²) in [4.78, 5) is 4.96. The second kappa shape index (κ2) is 13.9. The molecule has 210 valence electrons. The van der Waals surface area contributed by atoms with Gasteiger partial charge in [0.2, 0.25) is 0 Å². The number of aromatic nitrogens is 2. The molecule has 1 aliphatic heterocycles. The number of nitrogens with zero attached hydrogens (tertiary/aromatic N) is 2. The molecule has 0 N–H and O–H groups in total. The van der Waals surface area contributed by atoms with Gasteiger partial charge < -0.3 is 18.8 Å². The third-order valence-corrected chi connectivity index (χ3v) is 7.32. The molecule has 0 amide bonds.